The second kappa shape index (κ2) is 20.5. The first-order valence-electron chi connectivity index (χ1n) is 24.5. The van der Waals surface area contributed by atoms with Gasteiger partial charge < -0.3 is 26.2 Å². The molecule has 8 unspecified atom stereocenters. The smallest absolute Gasteiger partial charge is 0.163 e. The topological polar surface area (TPSA) is 127 Å². The number of aromatic nitrogens is 1. The molecule has 2 aliphatic heterocycles. The van der Waals surface area contributed by atoms with E-state index >= 15 is 0 Å². The lowest BCUT2D eigenvalue weighted by molar-refractivity contribution is -0.125. The fourth-order valence-corrected chi connectivity index (χ4v) is 12.8. The van der Waals surface area contributed by atoms with Crippen LogP contribution in [-0.2, 0) is 41.7 Å². The van der Waals surface area contributed by atoms with Gasteiger partial charge in [0.05, 0.1) is 13.5 Å². The van der Waals surface area contributed by atoms with Crippen molar-refractivity contribution in [2.75, 3.05) is 32.5 Å². The zero-order valence-corrected chi connectivity index (χ0v) is 38.2. The summed E-state index contributed by atoms with van der Waals surface area (Å²) < 4.78 is 5.50. The number of nitrogens with zero attached hydrogens (tertiary/aromatic N) is 1. The summed E-state index contributed by atoms with van der Waals surface area (Å²) >= 11 is 0. The Kier molecular flexibility index (Phi) is 14.1. The molecule has 8 atom stereocenters. The molecule has 1 saturated heterocycles. The van der Waals surface area contributed by atoms with Crippen LogP contribution in [0.3, 0.4) is 0 Å². The molecule has 3 aliphatic carbocycles. The van der Waals surface area contributed by atoms with Crippen LogP contribution in [0, 0.1) is 40.9 Å². The number of benzene rings is 3. The number of phenols is 1. The first-order valence-corrected chi connectivity index (χ1v) is 24.5. The molecule has 8 heteroatoms. The van der Waals surface area contributed by atoms with E-state index in [-0.39, 0.29) is 35.1 Å². The molecule has 65 heavy (non-hydrogen) atoms. The number of aryl methyl sites for hydroxylation is 4. The maximum absolute atomic E-state index is 13.7. The molecule has 5 aliphatic rings. The number of anilines is 1. The van der Waals surface area contributed by atoms with Gasteiger partial charge in [-0.1, -0.05) is 91.4 Å². The van der Waals surface area contributed by atoms with Crippen LogP contribution >= 0.6 is 0 Å². The van der Waals surface area contributed by atoms with Gasteiger partial charge in [0, 0.05) is 25.2 Å². The Hall–Kier alpha value is -5.31. The van der Waals surface area contributed by atoms with E-state index in [1.54, 1.807) is 18.2 Å². The standard InChI is InChI=1S/C57H68N4O4/c1-65-54-31-42(45(30-53(54)64)29-46-37-61-55(58)32-43(46)18-16-40-11-5-10-39(26-40)15-14-38-8-3-2-4-9-38)19-21-49(62)33-50(63)27-41-17-20-48-13-6-23-57(48,34-41)35-52-51-22-25-59-36-47(51)28-44-12-7-24-60-56(44)52/h2-5,7-12,17,19-21,26,30-32,37,41,44,47-48,51-52,56,59-60,64H,6,13-16,18,22-25,27-29,33-36H2,1H3,(H2,58,61). The molecule has 0 bridgehead atoms. The van der Waals surface area contributed by atoms with Crippen LogP contribution < -0.4 is 21.1 Å². The molecule has 1 aromatic heterocycles. The number of phenolic OH excluding ortho intramolecular Hbond substituents is 1. The van der Waals surface area contributed by atoms with Crippen LogP contribution in [0.4, 0.5) is 5.82 Å². The number of pyridine rings is 1. The summed E-state index contributed by atoms with van der Waals surface area (Å²) in [6, 6.07) is 25.3. The number of ether oxygens (including phenoxy) is 1. The molecule has 340 valence electrons. The van der Waals surface area contributed by atoms with Crippen molar-refractivity contribution in [2.24, 2.45) is 40.9 Å². The number of hydrogen-bond donors (Lipinski definition) is 4. The van der Waals surface area contributed by atoms with Crippen LogP contribution in [0.25, 0.3) is 6.08 Å². The Morgan fingerprint density at radius 3 is 2.58 bits per heavy atom. The summed E-state index contributed by atoms with van der Waals surface area (Å²) in [7, 11) is 1.52. The van der Waals surface area contributed by atoms with Crippen LogP contribution in [0.5, 0.6) is 11.5 Å². The number of Topliss-reactive ketones (excluding diaryl/α,β-unsaturated/α-hetero) is 1. The molecule has 0 radical (unpaired) electrons. The number of fused-ring (bicyclic) bond motifs is 3. The van der Waals surface area contributed by atoms with Crippen molar-refractivity contribution in [3.8, 4) is 11.5 Å². The van der Waals surface area contributed by atoms with Gasteiger partial charge in [0.15, 0.2) is 17.3 Å². The van der Waals surface area contributed by atoms with Gasteiger partial charge in [-0.25, -0.2) is 4.98 Å². The normalized spacial score (nSPS) is 26.9. The van der Waals surface area contributed by atoms with Crippen molar-refractivity contribution < 1.29 is 19.4 Å². The van der Waals surface area contributed by atoms with Gasteiger partial charge in [-0.3, -0.25) is 9.59 Å². The summed E-state index contributed by atoms with van der Waals surface area (Å²) in [6.45, 7) is 3.23. The highest BCUT2D eigenvalue weighted by molar-refractivity contribution is 6.06. The monoisotopic (exact) mass is 873 g/mol. The Labute approximate surface area is 386 Å². The number of nitrogen functional groups attached to an aromatic ring is 1. The highest BCUT2D eigenvalue weighted by Crippen LogP contribution is 2.58. The second-order valence-corrected chi connectivity index (χ2v) is 20.1. The summed E-state index contributed by atoms with van der Waals surface area (Å²) in [5.41, 5.74) is 14.0. The molecule has 3 heterocycles. The zero-order valence-electron chi connectivity index (χ0n) is 38.2. The van der Waals surface area contributed by atoms with Crippen molar-refractivity contribution >= 4 is 23.5 Å². The van der Waals surface area contributed by atoms with Crippen molar-refractivity contribution in [3.05, 3.63) is 148 Å². The molecular formula is C57H68N4O4. The average molecular weight is 873 g/mol. The summed E-state index contributed by atoms with van der Waals surface area (Å²) in [6.07, 6.45) is 27.6. The van der Waals surface area contributed by atoms with Crippen molar-refractivity contribution in [1.29, 1.82) is 0 Å². The van der Waals surface area contributed by atoms with E-state index in [0.29, 0.717) is 48.2 Å². The SMILES string of the molecule is COc1cc(C=CC(=O)CC(=O)CC2C=CC3CCCC3(CC3C4CCNCC4CC4C=CCNC43)C2)c(Cc2cnc(N)cc2CCc2cccc(CCc3ccccc3)c2)cc1O. The van der Waals surface area contributed by atoms with E-state index in [4.69, 9.17) is 10.5 Å². The quantitative estimate of drug-likeness (QED) is 0.0470. The number of hydrogen-bond acceptors (Lipinski definition) is 8. The number of aromatic hydroxyl groups is 1. The Morgan fingerprint density at radius 1 is 0.923 bits per heavy atom. The van der Waals surface area contributed by atoms with Crippen molar-refractivity contribution in [2.45, 2.75) is 95.9 Å². The summed E-state index contributed by atoms with van der Waals surface area (Å²) in [5, 5.41) is 18.6. The van der Waals surface area contributed by atoms with Crippen LogP contribution in [0.1, 0.15) is 96.7 Å². The number of allylic oxidation sites excluding steroid dienone is 3. The molecule has 3 aromatic carbocycles. The van der Waals surface area contributed by atoms with Crippen LogP contribution in [-0.4, -0.2) is 54.4 Å². The summed E-state index contributed by atoms with van der Waals surface area (Å²) in [4.78, 5) is 31.7. The van der Waals surface area contributed by atoms with Gasteiger partial charge >= 0.3 is 0 Å². The largest absolute Gasteiger partial charge is 0.504 e. The van der Waals surface area contributed by atoms with Crippen LogP contribution in [0.15, 0.2) is 109 Å². The molecule has 0 spiro atoms. The third kappa shape index (κ3) is 10.7. The van der Waals surface area contributed by atoms with Crippen molar-refractivity contribution in [3.63, 3.8) is 0 Å². The van der Waals surface area contributed by atoms with Gasteiger partial charge in [-0.15, -0.1) is 0 Å². The minimum absolute atomic E-state index is 0.000961. The minimum atomic E-state index is -0.219. The fraction of sp³-hybridized carbons (Fsp3) is 0.456. The molecule has 2 saturated carbocycles. The third-order valence-electron chi connectivity index (χ3n) is 15.9. The van der Waals surface area contributed by atoms with Gasteiger partial charge in [0.2, 0.25) is 0 Å². The first kappa shape index (κ1) is 44.9. The minimum Gasteiger partial charge on any atom is -0.504 e. The Bertz CT molecular complexity index is 2410. The fourth-order valence-electron chi connectivity index (χ4n) is 12.8. The highest BCUT2D eigenvalue weighted by atomic mass is 16.5. The molecule has 4 aromatic rings. The number of piperidine rings is 1. The average Bonchev–Trinajstić information content (AvgIpc) is 3.74. The molecule has 5 N–H and O–H groups in total. The summed E-state index contributed by atoms with van der Waals surface area (Å²) in [5.74, 6) is 4.10. The van der Waals surface area contributed by atoms with E-state index in [9.17, 15) is 14.7 Å². The maximum Gasteiger partial charge on any atom is 0.163 e. The number of methoxy groups -OCH3 is 1. The second-order valence-electron chi connectivity index (χ2n) is 20.1. The van der Waals surface area contributed by atoms with Crippen molar-refractivity contribution in [1.82, 2.24) is 15.6 Å². The maximum atomic E-state index is 13.7. The molecule has 3 fully saturated rings. The van der Waals surface area contributed by atoms with E-state index in [1.165, 1.54) is 68.4 Å². The third-order valence-corrected chi connectivity index (χ3v) is 15.9. The number of carbonyl (C=O) groups is 2. The predicted octanol–water partition coefficient (Wildman–Crippen LogP) is 9.61. The van der Waals surface area contributed by atoms with Gasteiger partial charge in [-0.05, 0) is 188 Å². The number of nitrogens with one attached hydrogen (secondary N) is 2. The predicted molar refractivity (Wildman–Crippen MR) is 261 cm³/mol. The van der Waals surface area contributed by atoms with Gasteiger partial charge in [0.1, 0.15) is 11.6 Å². The Morgan fingerprint density at radius 2 is 1.74 bits per heavy atom. The van der Waals surface area contributed by atoms with Crippen LogP contribution in [0.2, 0.25) is 0 Å². The van der Waals surface area contributed by atoms with E-state index in [2.05, 4.69) is 94.5 Å². The number of rotatable bonds is 17. The van der Waals surface area contributed by atoms with E-state index in [1.807, 2.05) is 12.3 Å². The molecule has 0 amide bonds. The molecule has 9 rings (SSSR count). The zero-order chi connectivity index (χ0) is 44.8. The lowest BCUT2D eigenvalue weighted by Gasteiger charge is -2.54. The first-order chi connectivity index (χ1) is 31.7. The highest BCUT2D eigenvalue weighted by Gasteiger charge is 2.52. The number of ketones is 2. The van der Waals surface area contributed by atoms with E-state index in [0.717, 1.165) is 85.8 Å². The lowest BCUT2D eigenvalue weighted by atomic mass is 9.55. The number of carbonyl (C=O) groups excluding carboxylic acids is 2. The molecule has 8 nitrogen and oxygen atoms in total. The van der Waals surface area contributed by atoms with Gasteiger partial charge in [-0.2, -0.15) is 0 Å². The lowest BCUT2D eigenvalue weighted by Crippen LogP contribution is -2.57. The number of nitrogens with two attached hydrogens (primary N) is 1. The molecular weight excluding hydrogens is 805 g/mol. The van der Waals surface area contributed by atoms with E-state index < -0.39 is 0 Å². The van der Waals surface area contributed by atoms with Gasteiger partial charge in [0.25, 0.3) is 0 Å². The Balaban J connectivity index is 0.843.